The van der Waals surface area contributed by atoms with Crippen LogP contribution < -0.4 is 10.0 Å². The Balaban J connectivity index is 1.33. The molecule has 186 valence electrons. The Morgan fingerprint density at radius 2 is 2.09 bits per heavy atom. The van der Waals surface area contributed by atoms with E-state index in [9.17, 15) is 23.3 Å². The first-order chi connectivity index (χ1) is 16.7. The number of nitrogens with one attached hydrogen (secondary N) is 2. The number of piperidine rings is 1. The highest BCUT2D eigenvalue weighted by Crippen LogP contribution is 2.38. The lowest BCUT2D eigenvalue weighted by Crippen LogP contribution is -2.47. The maximum absolute atomic E-state index is 12.7. The molecule has 2 aliphatic rings. The maximum atomic E-state index is 12.7. The topological polar surface area (TPSA) is 142 Å². The van der Waals surface area contributed by atoms with Crippen LogP contribution in [-0.4, -0.2) is 56.8 Å². The van der Waals surface area contributed by atoms with Crippen LogP contribution in [0.1, 0.15) is 40.8 Å². The molecule has 2 N–H and O–H groups in total. The molecule has 1 fully saturated rings. The van der Waals surface area contributed by atoms with Gasteiger partial charge < -0.3 is 19.4 Å². The SMILES string of the molecule is CS(=O)(=O)NC1CCN(C(=O)OC2CCc3c(sc(NC(=O)C=Cc4ccoc4)c3C#N)C2)CC1. The summed E-state index contributed by atoms with van der Waals surface area (Å²) in [5.41, 5.74) is 2.11. The highest BCUT2D eigenvalue weighted by Gasteiger charge is 2.31. The van der Waals surface area contributed by atoms with Crippen LogP contribution in [0.4, 0.5) is 9.80 Å². The number of amides is 2. The van der Waals surface area contributed by atoms with Gasteiger partial charge in [-0.3, -0.25) is 4.79 Å². The van der Waals surface area contributed by atoms with E-state index in [2.05, 4.69) is 16.1 Å². The van der Waals surface area contributed by atoms with Crippen molar-refractivity contribution in [2.24, 2.45) is 0 Å². The second kappa shape index (κ2) is 10.6. The summed E-state index contributed by atoms with van der Waals surface area (Å²) in [6, 6.07) is 3.75. The molecule has 0 radical (unpaired) electrons. The number of fused-ring (bicyclic) bond motifs is 1. The van der Waals surface area contributed by atoms with Crippen molar-refractivity contribution in [1.29, 1.82) is 5.26 Å². The minimum atomic E-state index is -3.28. The van der Waals surface area contributed by atoms with Crippen LogP contribution in [0.15, 0.2) is 29.1 Å². The normalized spacial score (nSPS) is 18.7. The van der Waals surface area contributed by atoms with Crippen LogP contribution in [0, 0.1) is 11.3 Å². The minimum Gasteiger partial charge on any atom is -0.472 e. The third kappa shape index (κ3) is 6.50. The van der Waals surface area contributed by atoms with Gasteiger partial charge >= 0.3 is 6.09 Å². The van der Waals surface area contributed by atoms with Crippen molar-refractivity contribution in [3.05, 3.63) is 46.2 Å². The molecule has 2 amide bonds. The summed E-state index contributed by atoms with van der Waals surface area (Å²) in [6.45, 7) is 0.841. The number of likely N-dealkylation sites (tertiary alicyclic amines) is 1. The van der Waals surface area contributed by atoms with Gasteiger partial charge in [-0.25, -0.2) is 17.9 Å². The van der Waals surface area contributed by atoms with E-state index in [1.54, 1.807) is 17.0 Å². The number of anilines is 1. The molecule has 2 aromatic rings. The van der Waals surface area contributed by atoms with Crippen LogP contribution in [0.5, 0.6) is 0 Å². The molecular formula is C23H26N4O6S2. The molecule has 3 heterocycles. The van der Waals surface area contributed by atoms with Crippen molar-refractivity contribution in [3.63, 3.8) is 0 Å². The molecule has 1 aliphatic carbocycles. The van der Waals surface area contributed by atoms with Crippen molar-refractivity contribution in [1.82, 2.24) is 9.62 Å². The molecule has 12 heteroatoms. The third-order valence-corrected chi connectivity index (χ3v) is 7.87. The Morgan fingerprint density at radius 1 is 1.31 bits per heavy atom. The number of nitriles is 1. The average molecular weight is 519 g/mol. The van der Waals surface area contributed by atoms with Gasteiger partial charge in [0.2, 0.25) is 15.9 Å². The summed E-state index contributed by atoms with van der Waals surface area (Å²) in [4.78, 5) is 27.5. The number of rotatable bonds is 6. The third-order valence-electron chi connectivity index (χ3n) is 5.94. The number of hydrogen-bond acceptors (Lipinski definition) is 8. The van der Waals surface area contributed by atoms with Crippen LogP contribution >= 0.6 is 11.3 Å². The first kappa shape index (κ1) is 25.0. The van der Waals surface area contributed by atoms with E-state index in [0.29, 0.717) is 55.8 Å². The second-order valence-corrected chi connectivity index (χ2v) is 11.5. The van der Waals surface area contributed by atoms with Gasteiger partial charge in [0.05, 0.1) is 24.3 Å². The Morgan fingerprint density at radius 3 is 2.74 bits per heavy atom. The second-order valence-electron chi connectivity index (χ2n) is 8.60. The lowest BCUT2D eigenvalue weighted by molar-refractivity contribution is -0.111. The van der Waals surface area contributed by atoms with Gasteiger partial charge in [0.15, 0.2) is 0 Å². The predicted octanol–water partition coefficient (Wildman–Crippen LogP) is 2.87. The average Bonchev–Trinajstić information content (AvgIpc) is 3.44. The molecule has 4 rings (SSSR count). The molecule has 1 saturated heterocycles. The van der Waals surface area contributed by atoms with Gasteiger partial charge in [-0.2, -0.15) is 5.26 Å². The fraction of sp³-hybridized carbons (Fsp3) is 0.435. The summed E-state index contributed by atoms with van der Waals surface area (Å²) < 4.78 is 36.1. The highest BCUT2D eigenvalue weighted by atomic mass is 32.2. The van der Waals surface area contributed by atoms with E-state index >= 15 is 0 Å². The molecule has 2 aromatic heterocycles. The number of nitrogens with zero attached hydrogens (tertiary/aromatic N) is 2. The maximum Gasteiger partial charge on any atom is 0.410 e. The van der Waals surface area contributed by atoms with Crippen molar-refractivity contribution >= 4 is 44.4 Å². The monoisotopic (exact) mass is 518 g/mol. The Bertz CT molecular complexity index is 1250. The van der Waals surface area contributed by atoms with Gasteiger partial charge in [0.1, 0.15) is 17.2 Å². The van der Waals surface area contributed by atoms with Crippen molar-refractivity contribution < 1.29 is 27.2 Å². The lowest BCUT2D eigenvalue weighted by atomic mass is 9.94. The van der Waals surface area contributed by atoms with Crippen molar-refractivity contribution in [3.8, 4) is 6.07 Å². The number of furan rings is 1. The molecule has 0 bridgehead atoms. The number of carbonyl (C=O) groups excluding carboxylic acids is 2. The van der Waals surface area contributed by atoms with Crippen LogP contribution in [0.3, 0.4) is 0 Å². The zero-order chi connectivity index (χ0) is 25.0. The molecular weight excluding hydrogens is 492 g/mol. The quantitative estimate of drug-likeness (QED) is 0.560. The lowest BCUT2D eigenvalue weighted by Gasteiger charge is -2.33. The molecule has 1 unspecified atom stereocenters. The first-order valence-electron chi connectivity index (χ1n) is 11.2. The van der Waals surface area contributed by atoms with E-state index in [1.807, 2.05) is 0 Å². The first-order valence-corrected chi connectivity index (χ1v) is 13.9. The minimum absolute atomic E-state index is 0.176. The molecule has 1 atom stereocenters. The predicted molar refractivity (Wildman–Crippen MR) is 130 cm³/mol. The Hall–Kier alpha value is -3.14. The molecule has 0 spiro atoms. The summed E-state index contributed by atoms with van der Waals surface area (Å²) >= 11 is 1.33. The fourth-order valence-electron chi connectivity index (χ4n) is 4.26. The van der Waals surface area contributed by atoms with Gasteiger partial charge in [-0.15, -0.1) is 11.3 Å². The highest BCUT2D eigenvalue weighted by molar-refractivity contribution is 7.88. The number of hydrogen-bond donors (Lipinski definition) is 2. The summed E-state index contributed by atoms with van der Waals surface area (Å²) in [5.74, 6) is -0.349. The number of sulfonamides is 1. The van der Waals surface area contributed by atoms with Gasteiger partial charge in [0, 0.05) is 42.1 Å². The molecule has 10 nitrogen and oxygen atoms in total. The molecule has 1 aliphatic heterocycles. The molecule has 35 heavy (non-hydrogen) atoms. The van der Waals surface area contributed by atoms with E-state index in [4.69, 9.17) is 9.15 Å². The van der Waals surface area contributed by atoms with E-state index in [-0.39, 0.29) is 18.1 Å². The summed E-state index contributed by atoms with van der Waals surface area (Å²) in [5, 5.41) is 12.9. The van der Waals surface area contributed by atoms with Gasteiger partial charge in [-0.1, -0.05) is 0 Å². The smallest absolute Gasteiger partial charge is 0.410 e. The number of carbonyl (C=O) groups is 2. The number of ether oxygens (including phenoxy) is 1. The zero-order valence-electron chi connectivity index (χ0n) is 19.2. The van der Waals surface area contributed by atoms with Crippen LogP contribution in [0.25, 0.3) is 6.08 Å². The van der Waals surface area contributed by atoms with Crippen LogP contribution in [0.2, 0.25) is 0 Å². The summed E-state index contributed by atoms with van der Waals surface area (Å²) in [7, 11) is -3.28. The molecule has 0 saturated carbocycles. The Labute approximate surface area is 207 Å². The van der Waals surface area contributed by atoms with Crippen molar-refractivity contribution in [2.75, 3.05) is 24.7 Å². The van der Waals surface area contributed by atoms with E-state index < -0.39 is 16.1 Å². The standard InChI is InChI=1S/C23H26N4O6S2/c1-35(30,31)26-16-6-9-27(10-7-16)23(29)33-17-3-4-18-19(13-24)22(34-20(18)12-17)25-21(28)5-2-15-8-11-32-14-15/h2,5,8,11,14,16-17,26H,3-4,6-7,9-10,12H2,1H3,(H,25,28). The summed E-state index contributed by atoms with van der Waals surface area (Å²) in [6.07, 6.45) is 9.13. The van der Waals surface area contributed by atoms with Crippen molar-refractivity contribution in [2.45, 2.75) is 44.2 Å². The van der Waals surface area contributed by atoms with Gasteiger partial charge in [0.25, 0.3) is 0 Å². The molecule has 0 aromatic carbocycles. The van der Waals surface area contributed by atoms with E-state index in [0.717, 1.165) is 22.3 Å². The van der Waals surface area contributed by atoms with Gasteiger partial charge in [-0.05, 0) is 43.4 Å². The fourth-order valence-corrected chi connectivity index (χ4v) is 6.36. The van der Waals surface area contributed by atoms with Crippen LogP contribution in [-0.2, 0) is 32.4 Å². The number of thiophene rings is 1. The van der Waals surface area contributed by atoms with E-state index in [1.165, 1.54) is 29.9 Å². The largest absolute Gasteiger partial charge is 0.472 e. The Kier molecular flexibility index (Phi) is 7.59. The zero-order valence-corrected chi connectivity index (χ0v) is 20.8.